The number of nitrogens with two attached hydrogens (primary N) is 1. The molecule has 4 aromatic heterocycles. The molecule has 4 aromatic rings. The van der Waals surface area contributed by atoms with E-state index in [0.717, 1.165) is 40.5 Å². The molecule has 150 valence electrons. The maximum atomic E-state index is 11.6. The largest absolute Gasteiger partial charge is 0.365 e. The van der Waals surface area contributed by atoms with Crippen molar-refractivity contribution < 1.29 is 4.79 Å². The zero-order valence-electron chi connectivity index (χ0n) is 16.4. The van der Waals surface area contributed by atoms with Crippen molar-refractivity contribution in [3.05, 3.63) is 47.0 Å². The average Bonchev–Trinajstić information content (AvgIpc) is 3.38. The third kappa shape index (κ3) is 3.71. The molecular weight excluding hydrogens is 388 g/mol. The molecule has 0 aliphatic heterocycles. The topological polar surface area (TPSA) is 115 Å². The Hall–Kier alpha value is -3.24. The summed E-state index contributed by atoms with van der Waals surface area (Å²) in [7, 11) is 3.80. The highest BCUT2D eigenvalue weighted by atomic mass is 32.1. The summed E-state index contributed by atoms with van der Waals surface area (Å²) < 4.78 is 3.78. The van der Waals surface area contributed by atoms with Crippen LogP contribution in [0.2, 0.25) is 0 Å². The minimum absolute atomic E-state index is 0.430. The summed E-state index contributed by atoms with van der Waals surface area (Å²) in [6.45, 7) is 2.67. The Morgan fingerprint density at radius 1 is 1.31 bits per heavy atom. The number of nitrogens with zero attached hydrogens (tertiary/aromatic N) is 5. The molecule has 29 heavy (non-hydrogen) atoms. The van der Waals surface area contributed by atoms with Crippen LogP contribution in [0.25, 0.3) is 16.9 Å². The SMILES string of the molecule is CNCCc1cn2c(-c3cnn(C)c3)cnc2c(Nc2cc(C)c(C(N)=O)s2)n1. The highest BCUT2D eigenvalue weighted by molar-refractivity contribution is 7.18. The number of primary amides is 1. The number of fused-ring (bicyclic) bond motifs is 1. The lowest BCUT2D eigenvalue weighted by atomic mass is 10.2. The second-order valence-corrected chi connectivity index (χ2v) is 7.84. The van der Waals surface area contributed by atoms with E-state index in [4.69, 9.17) is 10.7 Å². The van der Waals surface area contributed by atoms with E-state index in [2.05, 4.69) is 20.7 Å². The molecule has 0 atom stereocenters. The Bertz CT molecular complexity index is 1190. The number of nitrogens with one attached hydrogen (secondary N) is 2. The molecule has 0 saturated carbocycles. The first-order valence-electron chi connectivity index (χ1n) is 9.14. The van der Waals surface area contributed by atoms with Gasteiger partial charge in [-0.2, -0.15) is 5.10 Å². The molecule has 1 amide bonds. The van der Waals surface area contributed by atoms with Gasteiger partial charge >= 0.3 is 0 Å². The lowest BCUT2D eigenvalue weighted by molar-refractivity contribution is 0.100. The summed E-state index contributed by atoms with van der Waals surface area (Å²) in [5.74, 6) is 0.201. The van der Waals surface area contributed by atoms with Crippen LogP contribution in [0.15, 0.2) is 30.9 Å². The van der Waals surface area contributed by atoms with Crippen LogP contribution in [0, 0.1) is 6.92 Å². The van der Waals surface area contributed by atoms with Crippen LogP contribution in [0.5, 0.6) is 0 Å². The van der Waals surface area contributed by atoms with Gasteiger partial charge in [-0.3, -0.25) is 13.9 Å². The Morgan fingerprint density at radius 2 is 2.14 bits per heavy atom. The summed E-state index contributed by atoms with van der Waals surface area (Å²) in [5, 5.41) is 11.5. The van der Waals surface area contributed by atoms with E-state index in [-0.39, 0.29) is 0 Å². The van der Waals surface area contributed by atoms with Crippen LogP contribution in [0.1, 0.15) is 20.9 Å². The fraction of sp³-hybridized carbons (Fsp3) is 0.263. The minimum atomic E-state index is -0.430. The first kappa shape index (κ1) is 19.1. The predicted octanol–water partition coefficient (Wildman–Crippen LogP) is 2.10. The molecule has 0 bridgehead atoms. The van der Waals surface area contributed by atoms with Crippen LogP contribution in [-0.2, 0) is 13.5 Å². The average molecular weight is 411 g/mol. The second-order valence-electron chi connectivity index (χ2n) is 6.79. The molecular formula is C19H22N8OS. The van der Waals surface area contributed by atoms with Crippen molar-refractivity contribution in [2.45, 2.75) is 13.3 Å². The number of aryl methyl sites for hydroxylation is 2. The first-order chi connectivity index (χ1) is 14.0. The lowest BCUT2D eigenvalue weighted by Crippen LogP contribution is -2.12. The van der Waals surface area contributed by atoms with Gasteiger partial charge in [0, 0.05) is 38.0 Å². The summed E-state index contributed by atoms with van der Waals surface area (Å²) in [5.41, 5.74) is 9.82. The first-order valence-corrected chi connectivity index (χ1v) is 9.95. The molecule has 0 unspecified atom stereocenters. The number of amides is 1. The summed E-state index contributed by atoms with van der Waals surface area (Å²) in [6.07, 6.45) is 8.34. The molecule has 4 rings (SSSR count). The smallest absolute Gasteiger partial charge is 0.259 e. The molecule has 0 fully saturated rings. The van der Waals surface area contributed by atoms with E-state index in [9.17, 15) is 4.79 Å². The van der Waals surface area contributed by atoms with Gasteiger partial charge < -0.3 is 16.4 Å². The number of hydrogen-bond acceptors (Lipinski definition) is 7. The fourth-order valence-electron chi connectivity index (χ4n) is 3.17. The Kier molecular flexibility index (Phi) is 5.03. The third-order valence-electron chi connectivity index (χ3n) is 4.56. The predicted molar refractivity (Wildman–Crippen MR) is 114 cm³/mol. The van der Waals surface area contributed by atoms with Gasteiger partial charge in [-0.05, 0) is 25.6 Å². The van der Waals surface area contributed by atoms with Gasteiger partial charge in [-0.15, -0.1) is 11.3 Å². The zero-order valence-corrected chi connectivity index (χ0v) is 17.2. The quantitative estimate of drug-likeness (QED) is 0.430. The van der Waals surface area contributed by atoms with Crippen molar-refractivity contribution >= 4 is 33.7 Å². The number of thiophene rings is 1. The van der Waals surface area contributed by atoms with Gasteiger partial charge in [-0.25, -0.2) is 9.97 Å². The molecule has 0 radical (unpaired) electrons. The molecule has 0 aromatic carbocycles. The highest BCUT2D eigenvalue weighted by Gasteiger charge is 2.16. The monoisotopic (exact) mass is 410 g/mol. The van der Waals surface area contributed by atoms with Crippen molar-refractivity contribution in [1.82, 2.24) is 29.5 Å². The molecule has 0 spiro atoms. The van der Waals surface area contributed by atoms with E-state index >= 15 is 0 Å². The van der Waals surface area contributed by atoms with E-state index in [1.807, 2.05) is 56.3 Å². The van der Waals surface area contributed by atoms with Gasteiger partial charge in [0.25, 0.3) is 5.91 Å². The van der Waals surface area contributed by atoms with Crippen LogP contribution in [0.3, 0.4) is 0 Å². The minimum Gasteiger partial charge on any atom is -0.365 e. The lowest BCUT2D eigenvalue weighted by Gasteiger charge is -2.10. The van der Waals surface area contributed by atoms with E-state index in [1.165, 1.54) is 11.3 Å². The van der Waals surface area contributed by atoms with Gasteiger partial charge in [0.05, 0.1) is 33.7 Å². The fourth-order valence-corrected chi connectivity index (χ4v) is 4.09. The van der Waals surface area contributed by atoms with Crippen molar-refractivity contribution in [2.75, 3.05) is 18.9 Å². The van der Waals surface area contributed by atoms with E-state index < -0.39 is 5.91 Å². The van der Waals surface area contributed by atoms with Crippen molar-refractivity contribution in [3.63, 3.8) is 0 Å². The third-order valence-corrected chi connectivity index (χ3v) is 5.72. The molecule has 4 N–H and O–H groups in total. The van der Waals surface area contributed by atoms with Crippen LogP contribution in [-0.4, -0.2) is 43.6 Å². The maximum absolute atomic E-state index is 11.6. The Balaban J connectivity index is 1.80. The maximum Gasteiger partial charge on any atom is 0.259 e. The number of imidazole rings is 1. The van der Waals surface area contributed by atoms with E-state index in [1.54, 1.807) is 4.68 Å². The molecule has 9 nitrogen and oxygen atoms in total. The standard InChI is InChI=1S/C19H22N8OS/c1-11-6-15(29-16(11)17(20)28)25-18-19-22-8-14(12-7-23-26(3)9-12)27(19)10-13(24-18)4-5-21-2/h6-10,21H,4-5H2,1-3H3,(H2,20,28)(H,24,25). The Labute approximate surface area is 171 Å². The van der Waals surface area contributed by atoms with Crippen LogP contribution in [0.4, 0.5) is 10.8 Å². The molecule has 10 heteroatoms. The number of hydrogen-bond donors (Lipinski definition) is 3. The molecule has 0 aliphatic rings. The molecule has 0 saturated heterocycles. The van der Waals surface area contributed by atoms with Crippen molar-refractivity contribution in [3.8, 4) is 11.3 Å². The van der Waals surface area contributed by atoms with Crippen LogP contribution < -0.4 is 16.4 Å². The molecule has 0 aliphatic carbocycles. The number of aromatic nitrogens is 5. The van der Waals surface area contributed by atoms with Gasteiger partial charge in [0.2, 0.25) is 0 Å². The van der Waals surface area contributed by atoms with Gasteiger partial charge in [0.1, 0.15) is 0 Å². The highest BCUT2D eigenvalue weighted by Crippen LogP contribution is 2.31. The van der Waals surface area contributed by atoms with E-state index in [0.29, 0.717) is 16.3 Å². The number of likely N-dealkylation sites (N-methyl/N-ethyl adjacent to an activating group) is 1. The summed E-state index contributed by atoms with van der Waals surface area (Å²) >= 11 is 1.31. The number of rotatable bonds is 7. The summed E-state index contributed by atoms with van der Waals surface area (Å²) in [4.78, 5) is 21.5. The number of anilines is 2. The van der Waals surface area contributed by atoms with Crippen LogP contribution >= 0.6 is 11.3 Å². The molecule has 4 heterocycles. The normalized spacial score (nSPS) is 11.3. The van der Waals surface area contributed by atoms with Crippen molar-refractivity contribution in [1.29, 1.82) is 0 Å². The van der Waals surface area contributed by atoms with Gasteiger partial charge in [0.15, 0.2) is 11.5 Å². The zero-order chi connectivity index (χ0) is 20.5. The summed E-state index contributed by atoms with van der Waals surface area (Å²) in [6, 6.07) is 1.90. The van der Waals surface area contributed by atoms with Crippen molar-refractivity contribution in [2.24, 2.45) is 12.8 Å². The van der Waals surface area contributed by atoms with Gasteiger partial charge in [-0.1, -0.05) is 0 Å². The second kappa shape index (κ2) is 7.64. The Morgan fingerprint density at radius 3 is 2.79 bits per heavy atom. The number of carbonyl (C=O) groups is 1. The number of carbonyl (C=O) groups excluding carboxylic acids is 1.